The summed E-state index contributed by atoms with van der Waals surface area (Å²) >= 11 is 0. The monoisotopic (exact) mass is 262 g/mol. The summed E-state index contributed by atoms with van der Waals surface area (Å²) in [7, 11) is 3.30. The van der Waals surface area contributed by atoms with Crippen LogP contribution in [0.25, 0.3) is 0 Å². The molecule has 19 heavy (non-hydrogen) atoms. The van der Waals surface area contributed by atoms with Crippen LogP contribution in [0.15, 0.2) is 24.3 Å². The summed E-state index contributed by atoms with van der Waals surface area (Å²) in [4.78, 5) is 26.4. The van der Waals surface area contributed by atoms with Gasteiger partial charge in [-0.2, -0.15) is 0 Å². The minimum Gasteiger partial charge on any atom is -0.494 e. The number of carbonyl (C=O) groups is 2. The summed E-state index contributed by atoms with van der Waals surface area (Å²) in [6, 6.07) is 7.51. The third kappa shape index (κ3) is 2.54. The molecule has 0 bridgehead atoms. The van der Waals surface area contributed by atoms with E-state index in [2.05, 4.69) is 0 Å². The van der Waals surface area contributed by atoms with Gasteiger partial charge in [-0.3, -0.25) is 9.59 Å². The van der Waals surface area contributed by atoms with Crippen molar-refractivity contribution in [2.24, 2.45) is 0 Å². The van der Waals surface area contributed by atoms with Gasteiger partial charge in [-0.15, -0.1) is 0 Å². The molecule has 1 aromatic carbocycles. The zero-order chi connectivity index (χ0) is 14.0. The highest BCUT2D eigenvalue weighted by Gasteiger charge is 2.35. The Bertz CT molecular complexity index is 501. The molecule has 1 unspecified atom stereocenters. The molecular formula is C14H18N2O3. The van der Waals surface area contributed by atoms with Crippen LogP contribution in [0, 0.1) is 0 Å². The fraction of sp³-hybridized carbons (Fsp3) is 0.429. The van der Waals surface area contributed by atoms with Crippen molar-refractivity contribution in [3.63, 3.8) is 0 Å². The first kappa shape index (κ1) is 13.4. The van der Waals surface area contributed by atoms with E-state index in [4.69, 9.17) is 4.74 Å². The van der Waals surface area contributed by atoms with Crippen molar-refractivity contribution in [1.29, 1.82) is 0 Å². The Kier molecular flexibility index (Phi) is 3.74. The van der Waals surface area contributed by atoms with E-state index in [1.807, 2.05) is 31.2 Å². The van der Waals surface area contributed by atoms with Gasteiger partial charge < -0.3 is 14.5 Å². The second-order valence-corrected chi connectivity index (χ2v) is 4.62. The van der Waals surface area contributed by atoms with Crippen LogP contribution in [-0.2, 0) is 9.59 Å². The second kappa shape index (κ2) is 5.30. The number of amides is 2. The van der Waals surface area contributed by atoms with E-state index in [0.29, 0.717) is 13.2 Å². The van der Waals surface area contributed by atoms with E-state index >= 15 is 0 Å². The van der Waals surface area contributed by atoms with Crippen molar-refractivity contribution in [1.82, 2.24) is 9.80 Å². The molecule has 1 atom stereocenters. The van der Waals surface area contributed by atoms with E-state index < -0.39 is 11.8 Å². The third-order valence-corrected chi connectivity index (χ3v) is 3.32. The van der Waals surface area contributed by atoms with E-state index in [0.717, 1.165) is 11.3 Å². The molecule has 0 saturated carbocycles. The number of hydrogen-bond donors (Lipinski definition) is 0. The molecule has 0 aromatic heterocycles. The van der Waals surface area contributed by atoms with Crippen LogP contribution < -0.4 is 4.74 Å². The summed E-state index contributed by atoms with van der Waals surface area (Å²) < 4.78 is 5.46. The largest absolute Gasteiger partial charge is 0.494 e. The van der Waals surface area contributed by atoms with Crippen LogP contribution in [-0.4, -0.2) is 48.9 Å². The lowest BCUT2D eigenvalue weighted by Crippen LogP contribution is -2.52. The molecule has 1 heterocycles. The minimum absolute atomic E-state index is 0.129. The summed E-state index contributed by atoms with van der Waals surface area (Å²) in [5, 5.41) is 0. The number of nitrogens with zero attached hydrogens (tertiary/aromatic N) is 2. The fourth-order valence-corrected chi connectivity index (χ4v) is 2.23. The highest BCUT2D eigenvalue weighted by atomic mass is 16.5. The highest BCUT2D eigenvalue weighted by Crippen LogP contribution is 2.27. The number of ether oxygens (including phenoxy) is 1. The zero-order valence-corrected chi connectivity index (χ0v) is 11.4. The Morgan fingerprint density at radius 2 is 2.00 bits per heavy atom. The van der Waals surface area contributed by atoms with Crippen molar-refractivity contribution >= 4 is 11.8 Å². The Morgan fingerprint density at radius 3 is 2.68 bits per heavy atom. The second-order valence-electron chi connectivity index (χ2n) is 4.62. The first-order valence-corrected chi connectivity index (χ1v) is 6.29. The molecule has 0 aliphatic carbocycles. The summed E-state index contributed by atoms with van der Waals surface area (Å²) in [6.45, 7) is 3.02. The van der Waals surface area contributed by atoms with Crippen LogP contribution in [0.1, 0.15) is 18.5 Å². The van der Waals surface area contributed by atoms with Gasteiger partial charge in [0.1, 0.15) is 5.75 Å². The topological polar surface area (TPSA) is 49.9 Å². The number of piperazine rings is 1. The van der Waals surface area contributed by atoms with Crippen LogP contribution in [0.4, 0.5) is 0 Å². The maximum absolute atomic E-state index is 11.8. The average molecular weight is 262 g/mol. The van der Waals surface area contributed by atoms with Gasteiger partial charge in [0.05, 0.1) is 12.6 Å². The van der Waals surface area contributed by atoms with Crippen molar-refractivity contribution in [3.8, 4) is 5.75 Å². The number of hydrogen-bond acceptors (Lipinski definition) is 3. The summed E-state index contributed by atoms with van der Waals surface area (Å²) in [6.07, 6.45) is 0. The molecule has 2 rings (SSSR count). The molecule has 2 amide bonds. The molecule has 0 N–H and O–H groups in total. The first-order chi connectivity index (χ1) is 9.04. The van der Waals surface area contributed by atoms with Crippen molar-refractivity contribution in [3.05, 3.63) is 29.8 Å². The molecule has 1 fully saturated rings. The van der Waals surface area contributed by atoms with Crippen LogP contribution in [0.5, 0.6) is 5.75 Å². The highest BCUT2D eigenvalue weighted by molar-refractivity contribution is 6.35. The quantitative estimate of drug-likeness (QED) is 0.765. The molecule has 1 saturated heterocycles. The van der Waals surface area contributed by atoms with E-state index in [1.54, 1.807) is 14.1 Å². The molecule has 5 nitrogen and oxygen atoms in total. The van der Waals surface area contributed by atoms with Crippen LogP contribution in [0.2, 0.25) is 0 Å². The number of benzene rings is 1. The van der Waals surface area contributed by atoms with Crippen molar-refractivity contribution in [2.75, 3.05) is 27.2 Å². The molecule has 5 heteroatoms. The Morgan fingerprint density at radius 1 is 1.26 bits per heavy atom. The summed E-state index contributed by atoms with van der Waals surface area (Å²) in [5.74, 6) is -0.152. The molecule has 0 radical (unpaired) electrons. The van der Waals surface area contributed by atoms with Gasteiger partial charge in [0.15, 0.2) is 0 Å². The van der Waals surface area contributed by atoms with Gasteiger partial charge in [-0.25, -0.2) is 0 Å². The van der Waals surface area contributed by atoms with Gasteiger partial charge in [0.2, 0.25) is 0 Å². The normalized spacial score (nSPS) is 19.8. The number of carbonyl (C=O) groups excluding carboxylic acids is 2. The predicted octanol–water partition coefficient (Wildman–Crippen LogP) is 1.06. The Hall–Kier alpha value is -2.04. The van der Waals surface area contributed by atoms with Gasteiger partial charge in [0.25, 0.3) is 0 Å². The lowest BCUT2D eigenvalue weighted by molar-refractivity contribution is -0.156. The number of likely N-dealkylation sites (N-methyl/N-ethyl adjacent to an activating group) is 2. The lowest BCUT2D eigenvalue weighted by Gasteiger charge is -2.37. The molecule has 1 aliphatic heterocycles. The summed E-state index contributed by atoms with van der Waals surface area (Å²) in [5.41, 5.74) is 0.973. The lowest BCUT2D eigenvalue weighted by atomic mass is 10.0. The molecule has 1 aromatic rings. The smallest absolute Gasteiger partial charge is 0.312 e. The molecule has 0 spiro atoms. The predicted molar refractivity (Wildman–Crippen MR) is 70.8 cm³/mol. The van der Waals surface area contributed by atoms with Gasteiger partial charge >= 0.3 is 11.8 Å². The average Bonchev–Trinajstić information content (AvgIpc) is 2.41. The van der Waals surface area contributed by atoms with E-state index in [-0.39, 0.29) is 6.04 Å². The number of rotatable bonds is 3. The Labute approximate surface area is 112 Å². The fourth-order valence-electron chi connectivity index (χ4n) is 2.23. The van der Waals surface area contributed by atoms with E-state index in [9.17, 15) is 9.59 Å². The molecule has 1 aliphatic rings. The molecule has 102 valence electrons. The van der Waals surface area contributed by atoms with Gasteiger partial charge in [-0.1, -0.05) is 12.1 Å². The SMILES string of the molecule is CCOc1cccc(C2CN(C)C(=O)C(=O)N2C)c1. The zero-order valence-electron chi connectivity index (χ0n) is 11.4. The van der Waals surface area contributed by atoms with Gasteiger partial charge in [-0.05, 0) is 24.6 Å². The molecular weight excluding hydrogens is 244 g/mol. The van der Waals surface area contributed by atoms with Crippen LogP contribution >= 0.6 is 0 Å². The van der Waals surface area contributed by atoms with Gasteiger partial charge in [0, 0.05) is 20.6 Å². The van der Waals surface area contributed by atoms with Crippen LogP contribution in [0.3, 0.4) is 0 Å². The maximum Gasteiger partial charge on any atom is 0.312 e. The first-order valence-electron chi connectivity index (χ1n) is 6.29. The third-order valence-electron chi connectivity index (χ3n) is 3.32. The Balaban J connectivity index is 2.27. The minimum atomic E-state index is -0.472. The standard InChI is InChI=1S/C14H18N2O3/c1-4-19-11-7-5-6-10(8-11)12-9-15(2)13(17)14(18)16(12)3/h5-8,12H,4,9H2,1-3H3. The van der Waals surface area contributed by atoms with Crippen molar-refractivity contribution < 1.29 is 14.3 Å². The maximum atomic E-state index is 11.8. The van der Waals surface area contributed by atoms with Crippen molar-refractivity contribution in [2.45, 2.75) is 13.0 Å². The van der Waals surface area contributed by atoms with E-state index in [1.165, 1.54) is 9.80 Å².